The third-order valence-electron chi connectivity index (χ3n) is 9.90. The van der Waals surface area contributed by atoms with Crippen LogP contribution in [0.5, 0.6) is 17.2 Å². The molecule has 0 radical (unpaired) electrons. The summed E-state index contributed by atoms with van der Waals surface area (Å²) in [5.41, 5.74) is 4.58. The Bertz CT molecular complexity index is 1650. The van der Waals surface area contributed by atoms with Gasteiger partial charge >= 0.3 is 5.97 Å². The van der Waals surface area contributed by atoms with E-state index in [0.717, 1.165) is 85.0 Å². The Labute approximate surface area is 290 Å². The van der Waals surface area contributed by atoms with Crippen molar-refractivity contribution in [3.8, 4) is 17.2 Å². The van der Waals surface area contributed by atoms with E-state index >= 15 is 0 Å². The molecule has 1 unspecified atom stereocenters. The summed E-state index contributed by atoms with van der Waals surface area (Å²) < 4.78 is 23.2. The van der Waals surface area contributed by atoms with Crippen LogP contribution in [-0.2, 0) is 16.0 Å². The van der Waals surface area contributed by atoms with Gasteiger partial charge in [-0.15, -0.1) is 0 Å². The first-order valence-electron chi connectivity index (χ1n) is 17.7. The molecule has 3 aromatic rings. The Balaban J connectivity index is 1.17. The first-order chi connectivity index (χ1) is 23.5. The summed E-state index contributed by atoms with van der Waals surface area (Å²) in [6.45, 7) is 11.7. The lowest BCUT2D eigenvalue weighted by Gasteiger charge is -2.36. The van der Waals surface area contributed by atoms with E-state index in [1.807, 2.05) is 48.2 Å². The molecule has 49 heavy (non-hydrogen) atoms. The summed E-state index contributed by atoms with van der Waals surface area (Å²) in [7, 11) is 3.12. The van der Waals surface area contributed by atoms with E-state index in [1.165, 1.54) is 7.11 Å². The number of hydrogen-bond acceptors (Lipinski definition) is 8. The van der Waals surface area contributed by atoms with Crippen molar-refractivity contribution in [2.75, 3.05) is 56.9 Å². The number of piperidine rings is 1. The summed E-state index contributed by atoms with van der Waals surface area (Å²) in [5.74, 6) is 3.78. The van der Waals surface area contributed by atoms with E-state index in [-0.39, 0.29) is 23.2 Å². The van der Waals surface area contributed by atoms with Crippen molar-refractivity contribution in [1.82, 2.24) is 4.98 Å². The molecule has 3 aliphatic rings. The molecular formula is C40H51N3O6. The van der Waals surface area contributed by atoms with Gasteiger partial charge in [0.05, 0.1) is 45.1 Å². The molecule has 262 valence electrons. The number of ether oxygens (including phenoxy) is 4. The highest BCUT2D eigenvalue weighted by Gasteiger charge is 2.36. The highest BCUT2D eigenvalue weighted by atomic mass is 16.5. The number of benzene rings is 2. The SMILES string of the molecule is COC(=O)CC(c1cc2c(c(OCC3CCN(c4cc(OC)ccc4C(=O)N(CC(C)(C)C)c4cccc(C)n4)CC3)c1)OCC2)C1CC1. The number of amides is 1. The summed E-state index contributed by atoms with van der Waals surface area (Å²) in [6, 6.07) is 15.9. The molecule has 0 N–H and O–H groups in total. The third-order valence-corrected chi connectivity index (χ3v) is 9.90. The van der Waals surface area contributed by atoms with Gasteiger partial charge < -0.3 is 23.8 Å². The second kappa shape index (κ2) is 14.7. The number of carbonyl (C=O) groups excluding carboxylic acids is 2. The molecule has 9 nitrogen and oxygen atoms in total. The number of pyridine rings is 1. The van der Waals surface area contributed by atoms with E-state index in [4.69, 9.17) is 23.9 Å². The zero-order chi connectivity index (χ0) is 34.7. The fourth-order valence-electron chi connectivity index (χ4n) is 7.12. The van der Waals surface area contributed by atoms with Gasteiger partial charge in [-0.25, -0.2) is 4.98 Å². The molecule has 6 rings (SSSR count). The molecule has 3 heterocycles. The lowest BCUT2D eigenvalue weighted by molar-refractivity contribution is -0.141. The molecule has 1 saturated heterocycles. The Hall–Kier alpha value is -4.27. The Kier molecular flexibility index (Phi) is 10.4. The molecular weight excluding hydrogens is 618 g/mol. The van der Waals surface area contributed by atoms with E-state index in [2.05, 4.69) is 37.8 Å². The minimum Gasteiger partial charge on any atom is -0.497 e. The van der Waals surface area contributed by atoms with Crippen LogP contribution < -0.4 is 24.0 Å². The predicted molar refractivity (Wildman–Crippen MR) is 191 cm³/mol. The van der Waals surface area contributed by atoms with Crippen LogP contribution in [0.4, 0.5) is 11.5 Å². The van der Waals surface area contributed by atoms with Gasteiger partial charge in [-0.05, 0) is 91.7 Å². The number of esters is 1. The maximum absolute atomic E-state index is 14.4. The summed E-state index contributed by atoms with van der Waals surface area (Å²) in [6.07, 6.45) is 5.37. The fraction of sp³-hybridized carbons (Fsp3) is 0.525. The van der Waals surface area contributed by atoms with Crippen molar-refractivity contribution < 1.29 is 28.5 Å². The van der Waals surface area contributed by atoms with Crippen LogP contribution in [0.1, 0.15) is 86.0 Å². The second-order valence-electron chi connectivity index (χ2n) is 15.0. The fourth-order valence-corrected chi connectivity index (χ4v) is 7.12. The number of aromatic nitrogens is 1. The lowest BCUT2D eigenvalue weighted by Crippen LogP contribution is -2.41. The second-order valence-corrected chi connectivity index (χ2v) is 15.0. The number of carbonyl (C=O) groups is 2. The van der Waals surface area contributed by atoms with Crippen LogP contribution >= 0.6 is 0 Å². The highest BCUT2D eigenvalue weighted by Crippen LogP contribution is 2.48. The van der Waals surface area contributed by atoms with E-state index in [9.17, 15) is 9.59 Å². The van der Waals surface area contributed by atoms with Crippen LogP contribution in [0.3, 0.4) is 0 Å². The summed E-state index contributed by atoms with van der Waals surface area (Å²) in [5, 5.41) is 0. The molecule has 1 saturated carbocycles. The largest absolute Gasteiger partial charge is 0.497 e. The monoisotopic (exact) mass is 669 g/mol. The minimum absolute atomic E-state index is 0.0680. The Morgan fingerprint density at radius 3 is 2.49 bits per heavy atom. The average molecular weight is 670 g/mol. The maximum atomic E-state index is 14.4. The van der Waals surface area contributed by atoms with Crippen LogP contribution in [0.2, 0.25) is 0 Å². The van der Waals surface area contributed by atoms with Crippen molar-refractivity contribution in [2.45, 2.75) is 72.1 Å². The molecule has 9 heteroatoms. The van der Waals surface area contributed by atoms with Gasteiger partial charge in [0.15, 0.2) is 11.5 Å². The molecule has 1 aliphatic carbocycles. The molecule has 0 spiro atoms. The number of hydrogen-bond donors (Lipinski definition) is 0. The van der Waals surface area contributed by atoms with Gasteiger partial charge in [0, 0.05) is 43.4 Å². The highest BCUT2D eigenvalue weighted by molar-refractivity contribution is 6.09. The molecule has 2 aliphatic heterocycles. The summed E-state index contributed by atoms with van der Waals surface area (Å²) in [4.78, 5) is 35.5. The normalized spacial score (nSPS) is 16.8. The average Bonchev–Trinajstić information content (AvgIpc) is 3.83. The van der Waals surface area contributed by atoms with Gasteiger partial charge in [-0.3, -0.25) is 14.5 Å². The van der Waals surface area contributed by atoms with Gasteiger partial charge in [-0.1, -0.05) is 32.9 Å². The van der Waals surface area contributed by atoms with Crippen molar-refractivity contribution in [1.29, 1.82) is 0 Å². The number of methoxy groups -OCH3 is 2. The zero-order valence-corrected chi connectivity index (χ0v) is 29.9. The Morgan fingerprint density at radius 1 is 1.04 bits per heavy atom. The van der Waals surface area contributed by atoms with E-state index in [0.29, 0.717) is 49.4 Å². The first kappa shape index (κ1) is 34.6. The summed E-state index contributed by atoms with van der Waals surface area (Å²) >= 11 is 0. The number of nitrogens with zero attached hydrogens (tertiary/aromatic N) is 3. The number of rotatable bonds is 12. The molecule has 2 fully saturated rings. The van der Waals surface area contributed by atoms with Crippen LogP contribution in [0.15, 0.2) is 48.5 Å². The molecule has 0 bridgehead atoms. The standard InChI is InChI=1S/C40H51N3O6/c1-26-8-7-9-36(41-26)43(25-40(2,3)4)39(45)32-13-12-31(46-5)22-34(32)42-17-14-27(15-18-42)24-49-35-21-30(20-29-16-19-48-38(29)35)33(28-10-11-28)23-37(44)47-6/h7-9,12-13,20-22,27-28,33H,10-11,14-19,23-25H2,1-6H3. The minimum atomic E-state index is -0.169. The third kappa shape index (κ3) is 8.31. The zero-order valence-electron chi connectivity index (χ0n) is 29.9. The lowest BCUT2D eigenvalue weighted by atomic mass is 9.89. The molecule has 1 amide bonds. The number of anilines is 2. The van der Waals surface area contributed by atoms with Gasteiger partial charge in [0.1, 0.15) is 11.6 Å². The smallest absolute Gasteiger partial charge is 0.306 e. The van der Waals surface area contributed by atoms with E-state index in [1.54, 1.807) is 7.11 Å². The van der Waals surface area contributed by atoms with Crippen LogP contribution in [-0.4, -0.2) is 63.9 Å². The van der Waals surface area contributed by atoms with E-state index < -0.39 is 0 Å². The van der Waals surface area contributed by atoms with Crippen molar-refractivity contribution in [3.63, 3.8) is 0 Å². The van der Waals surface area contributed by atoms with Gasteiger partial charge in [-0.2, -0.15) is 0 Å². The predicted octanol–water partition coefficient (Wildman–Crippen LogP) is 7.38. The van der Waals surface area contributed by atoms with Crippen molar-refractivity contribution in [3.05, 3.63) is 70.9 Å². The van der Waals surface area contributed by atoms with Crippen LogP contribution in [0, 0.1) is 24.2 Å². The first-order valence-corrected chi connectivity index (χ1v) is 17.7. The molecule has 2 aromatic carbocycles. The Morgan fingerprint density at radius 2 is 1.82 bits per heavy atom. The molecule has 1 aromatic heterocycles. The quantitative estimate of drug-likeness (QED) is 0.185. The van der Waals surface area contributed by atoms with Gasteiger partial charge in [0.2, 0.25) is 0 Å². The van der Waals surface area contributed by atoms with Crippen molar-refractivity contribution in [2.24, 2.45) is 17.3 Å². The number of aryl methyl sites for hydroxylation is 1. The molecule has 1 atom stereocenters. The van der Waals surface area contributed by atoms with Crippen molar-refractivity contribution >= 4 is 23.4 Å². The van der Waals surface area contributed by atoms with Gasteiger partial charge in [0.25, 0.3) is 5.91 Å². The maximum Gasteiger partial charge on any atom is 0.306 e. The number of fused-ring (bicyclic) bond motifs is 1. The van der Waals surface area contributed by atoms with Crippen LogP contribution in [0.25, 0.3) is 0 Å². The topological polar surface area (TPSA) is 90.4 Å².